The van der Waals surface area contributed by atoms with Gasteiger partial charge in [-0.25, -0.2) is 0 Å². The minimum Gasteiger partial charge on any atom is -0.493 e. The Morgan fingerprint density at radius 1 is 1.00 bits per heavy atom. The lowest BCUT2D eigenvalue weighted by Crippen LogP contribution is -2.13. The summed E-state index contributed by atoms with van der Waals surface area (Å²) in [5.41, 5.74) is 2.19. The normalized spacial score (nSPS) is 10.5. The number of hydrogen-bond donors (Lipinski definition) is 1. The first kappa shape index (κ1) is 16.1. The maximum absolute atomic E-state index is 6.17. The Labute approximate surface area is 138 Å². The first-order valence-corrected chi connectivity index (χ1v) is 7.66. The van der Waals surface area contributed by atoms with Crippen molar-refractivity contribution in [3.05, 3.63) is 57.0 Å². The Kier molecular flexibility index (Phi) is 5.91. The third kappa shape index (κ3) is 4.37. The van der Waals surface area contributed by atoms with E-state index in [-0.39, 0.29) is 0 Å². The van der Waals surface area contributed by atoms with Gasteiger partial charge in [0.15, 0.2) is 11.5 Å². The lowest BCUT2D eigenvalue weighted by Gasteiger charge is -2.11. The van der Waals surface area contributed by atoms with Crippen LogP contribution in [0.1, 0.15) is 11.1 Å². The quantitative estimate of drug-likeness (QED) is 0.817. The maximum Gasteiger partial charge on any atom is 0.161 e. The number of benzene rings is 2. The van der Waals surface area contributed by atoms with Gasteiger partial charge in [-0.1, -0.05) is 33.6 Å². The Bertz CT molecular complexity index is 619. The largest absolute Gasteiger partial charge is 0.493 e. The van der Waals surface area contributed by atoms with E-state index in [1.807, 2.05) is 36.4 Å². The maximum atomic E-state index is 6.17. The van der Waals surface area contributed by atoms with Gasteiger partial charge in [-0.3, -0.25) is 0 Å². The summed E-state index contributed by atoms with van der Waals surface area (Å²) in [4.78, 5) is 0. The molecule has 0 radical (unpaired) electrons. The summed E-state index contributed by atoms with van der Waals surface area (Å²) in [5, 5.41) is 4.14. The molecule has 3 nitrogen and oxygen atoms in total. The molecule has 0 aliphatic heterocycles. The van der Waals surface area contributed by atoms with Crippen LogP contribution in [-0.4, -0.2) is 14.2 Å². The predicted octanol–water partition coefficient (Wildman–Crippen LogP) is 4.41. The van der Waals surface area contributed by atoms with Crippen molar-refractivity contribution >= 4 is 27.5 Å². The summed E-state index contributed by atoms with van der Waals surface area (Å²) in [6.45, 7) is 1.43. The van der Waals surface area contributed by atoms with Crippen LogP contribution < -0.4 is 14.8 Å². The van der Waals surface area contributed by atoms with Gasteiger partial charge in [0.1, 0.15) is 0 Å². The van der Waals surface area contributed by atoms with Gasteiger partial charge in [0.25, 0.3) is 0 Å². The van der Waals surface area contributed by atoms with Gasteiger partial charge in [0, 0.05) is 22.6 Å². The van der Waals surface area contributed by atoms with E-state index in [9.17, 15) is 0 Å². The summed E-state index contributed by atoms with van der Waals surface area (Å²) in [7, 11) is 3.27. The number of nitrogens with one attached hydrogen (secondary N) is 1. The molecule has 0 fully saturated rings. The second-order valence-corrected chi connectivity index (χ2v) is 5.85. The first-order valence-electron chi connectivity index (χ1n) is 6.49. The van der Waals surface area contributed by atoms with E-state index in [2.05, 4.69) is 21.2 Å². The van der Waals surface area contributed by atoms with Crippen molar-refractivity contribution < 1.29 is 9.47 Å². The number of rotatable bonds is 6. The predicted molar refractivity (Wildman–Crippen MR) is 89.2 cm³/mol. The average molecular weight is 371 g/mol. The van der Waals surface area contributed by atoms with E-state index in [1.165, 1.54) is 0 Å². The van der Waals surface area contributed by atoms with Crippen molar-refractivity contribution in [2.24, 2.45) is 0 Å². The highest BCUT2D eigenvalue weighted by Crippen LogP contribution is 2.27. The van der Waals surface area contributed by atoms with Gasteiger partial charge in [-0.05, 0) is 41.5 Å². The molecule has 0 aliphatic rings. The number of halogens is 2. The van der Waals surface area contributed by atoms with Crippen LogP contribution >= 0.6 is 27.5 Å². The Morgan fingerprint density at radius 2 is 1.76 bits per heavy atom. The van der Waals surface area contributed by atoms with Crippen molar-refractivity contribution in [1.82, 2.24) is 5.32 Å². The van der Waals surface area contributed by atoms with Crippen LogP contribution in [0.3, 0.4) is 0 Å². The lowest BCUT2D eigenvalue weighted by atomic mass is 10.2. The van der Waals surface area contributed by atoms with Crippen molar-refractivity contribution in [1.29, 1.82) is 0 Å². The molecule has 0 amide bonds. The monoisotopic (exact) mass is 369 g/mol. The van der Waals surface area contributed by atoms with Gasteiger partial charge in [0.05, 0.1) is 14.2 Å². The third-order valence-corrected chi connectivity index (χ3v) is 3.96. The SMILES string of the molecule is COc1ccc(CNCc2cc(Br)ccc2Cl)cc1OC. The fraction of sp³-hybridized carbons (Fsp3) is 0.250. The van der Waals surface area contributed by atoms with Crippen molar-refractivity contribution in [3.8, 4) is 11.5 Å². The molecule has 112 valence electrons. The van der Waals surface area contributed by atoms with Gasteiger partial charge < -0.3 is 14.8 Å². The second-order valence-electron chi connectivity index (χ2n) is 4.53. The fourth-order valence-electron chi connectivity index (χ4n) is 2.01. The molecule has 0 aromatic heterocycles. The summed E-state index contributed by atoms with van der Waals surface area (Å²) < 4.78 is 11.5. The number of hydrogen-bond acceptors (Lipinski definition) is 3. The molecule has 0 atom stereocenters. The molecule has 0 unspecified atom stereocenters. The molecule has 2 rings (SSSR count). The standard InChI is InChI=1S/C16H17BrClNO2/c1-20-15-6-3-11(7-16(15)21-2)9-19-10-12-8-13(17)4-5-14(12)18/h3-8,19H,9-10H2,1-2H3. The molecule has 0 saturated carbocycles. The Hall–Kier alpha value is -1.23. The molecule has 2 aromatic carbocycles. The average Bonchev–Trinajstić information content (AvgIpc) is 2.50. The van der Waals surface area contributed by atoms with E-state index in [0.717, 1.165) is 38.7 Å². The minimum absolute atomic E-state index is 0.701. The zero-order chi connectivity index (χ0) is 15.2. The van der Waals surface area contributed by atoms with Crippen LogP contribution in [-0.2, 0) is 13.1 Å². The molecule has 0 spiro atoms. The molecule has 0 heterocycles. The minimum atomic E-state index is 0.701. The topological polar surface area (TPSA) is 30.5 Å². The van der Waals surface area contributed by atoms with E-state index in [4.69, 9.17) is 21.1 Å². The van der Waals surface area contributed by atoms with Crippen LogP contribution in [0.2, 0.25) is 5.02 Å². The van der Waals surface area contributed by atoms with E-state index >= 15 is 0 Å². The highest BCUT2D eigenvalue weighted by atomic mass is 79.9. The van der Waals surface area contributed by atoms with Gasteiger partial charge in [-0.2, -0.15) is 0 Å². The highest BCUT2D eigenvalue weighted by molar-refractivity contribution is 9.10. The fourth-order valence-corrected chi connectivity index (χ4v) is 2.60. The zero-order valence-corrected chi connectivity index (χ0v) is 14.3. The molecule has 0 bridgehead atoms. The Morgan fingerprint density at radius 3 is 2.48 bits per heavy atom. The first-order chi connectivity index (χ1) is 10.1. The highest BCUT2D eigenvalue weighted by Gasteiger charge is 2.05. The van der Waals surface area contributed by atoms with Crippen molar-refractivity contribution in [2.75, 3.05) is 14.2 Å². The molecule has 5 heteroatoms. The van der Waals surface area contributed by atoms with Crippen LogP contribution in [0.4, 0.5) is 0 Å². The summed E-state index contributed by atoms with van der Waals surface area (Å²) in [5.74, 6) is 1.47. The van der Waals surface area contributed by atoms with Crippen LogP contribution in [0, 0.1) is 0 Å². The summed E-state index contributed by atoms with van der Waals surface area (Å²) in [6, 6.07) is 11.7. The second kappa shape index (κ2) is 7.69. The van der Waals surface area contributed by atoms with Crippen molar-refractivity contribution in [3.63, 3.8) is 0 Å². The lowest BCUT2D eigenvalue weighted by molar-refractivity contribution is 0.354. The molecule has 0 aliphatic carbocycles. The molecular formula is C16H17BrClNO2. The van der Waals surface area contributed by atoms with Crippen LogP contribution in [0.5, 0.6) is 11.5 Å². The smallest absolute Gasteiger partial charge is 0.161 e. The molecular weight excluding hydrogens is 354 g/mol. The van der Waals surface area contributed by atoms with Crippen molar-refractivity contribution in [2.45, 2.75) is 13.1 Å². The molecule has 1 N–H and O–H groups in total. The molecule has 21 heavy (non-hydrogen) atoms. The zero-order valence-electron chi connectivity index (χ0n) is 12.0. The van der Waals surface area contributed by atoms with Gasteiger partial charge in [0.2, 0.25) is 0 Å². The third-order valence-electron chi connectivity index (χ3n) is 3.10. The Balaban J connectivity index is 1.98. The van der Waals surface area contributed by atoms with Crippen LogP contribution in [0.25, 0.3) is 0 Å². The molecule has 2 aromatic rings. The van der Waals surface area contributed by atoms with E-state index in [0.29, 0.717) is 6.54 Å². The van der Waals surface area contributed by atoms with E-state index < -0.39 is 0 Å². The number of ether oxygens (including phenoxy) is 2. The van der Waals surface area contributed by atoms with Crippen LogP contribution in [0.15, 0.2) is 40.9 Å². The van der Waals surface area contributed by atoms with Gasteiger partial charge in [-0.15, -0.1) is 0 Å². The van der Waals surface area contributed by atoms with E-state index in [1.54, 1.807) is 14.2 Å². The van der Waals surface area contributed by atoms with Gasteiger partial charge >= 0.3 is 0 Å². The summed E-state index contributed by atoms with van der Waals surface area (Å²) >= 11 is 9.62. The molecule has 0 saturated heterocycles. The summed E-state index contributed by atoms with van der Waals surface area (Å²) in [6.07, 6.45) is 0. The number of methoxy groups -OCH3 is 2.